The molecule has 1 aliphatic carbocycles. The van der Waals surface area contributed by atoms with Gasteiger partial charge in [-0.2, -0.15) is 5.26 Å². The van der Waals surface area contributed by atoms with Crippen molar-refractivity contribution in [3.63, 3.8) is 0 Å². The van der Waals surface area contributed by atoms with Gasteiger partial charge in [-0.25, -0.2) is 0 Å². The lowest BCUT2D eigenvalue weighted by Crippen LogP contribution is -2.43. The van der Waals surface area contributed by atoms with E-state index in [4.69, 9.17) is 21.9 Å². The van der Waals surface area contributed by atoms with E-state index < -0.39 is 6.17 Å². The number of nitrogens with one attached hydrogen (secondary N) is 1. The van der Waals surface area contributed by atoms with Gasteiger partial charge in [0, 0.05) is 54.3 Å². The molecule has 1 aromatic rings. The Kier molecular flexibility index (Phi) is 14.1. The van der Waals surface area contributed by atoms with E-state index >= 15 is 0 Å². The molecule has 1 atom stereocenters. The number of benzene rings is 1. The highest BCUT2D eigenvalue weighted by atomic mass is 32.2. The van der Waals surface area contributed by atoms with Crippen LogP contribution in [0.5, 0.6) is 0 Å². The van der Waals surface area contributed by atoms with Crippen molar-refractivity contribution in [2.75, 3.05) is 45.2 Å². The predicted molar refractivity (Wildman–Crippen MR) is 157 cm³/mol. The van der Waals surface area contributed by atoms with Crippen LogP contribution >= 0.6 is 11.9 Å². The van der Waals surface area contributed by atoms with Crippen molar-refractivity contribution in [2.24, 2.45) is 22.0 Å². The Morgan fingerprint density at radius 3 is 2.42 bits per heavy atom. The molecule has 0 radical (unpaired) electrons. The van der Waals surface area contributed by atoms with Gasteiger partial charge in [-0.05, 0) is 62.2 Å². The molecule has 7 nitrogen and oxygen atoms in total. The molecule has 0 aromatic heterocycles. The van der Waals surface area contributed by atoms with Crippen LogP contribution in [0, 0.1) is 16.7 Å². The number of nitriles is 1. The molecule has 8 heteroatoms. The Balaban J connectivity index is 0.000000346. The fourth-order valence-corrected chi connectivity index (χ4v) is 5.27. The third kappa shape index (κ3) is 9.07. The summed E-state index contributed by atoms with van der Waals surface area (Å²) in [6.07, 6.45) is 4.53. The fraction of sp³-hybridized carbons (Fsp3) is 0.536. The number of hydrogen-bond donors (Lipinski definition) is 4. The normalized spacial score (nSPS) is 19.6. The standard InChI is InChI=1S/C14H25N5.C12H16N2S.C2H6/c1-18(2)10-11-7-12(14(15)16)9-13(8-11)19-5-3-17-4-6-19;1-4-12(3)7-5-6-10(15-14)11(12)9(2)8-13;1-2/h7-9,14,17H,3-6,10,15-16H2,1-2H3;4H,1-2,5-7,14H2,3H3;1-2H3. The minimum atomic E-state index is -0.413. The zero-order chi connectivity index (χ0) is 27.3. The van der Waals surface area contributed by atoms with Gasteiger partial charge < -0.3 is 26.6 Å². The van der Waals surface area contributed by atoms with Crippen LogP contribution in [0.15, 0.2) is 53.5 Å². The summed E-state index contributed by atoms with van der Waals surface area (Å²) in [5.74, 6) is 0. The van der Waals surface area contributed by atoms with Crippen LogP contribution in [0.25, 0.3) is 0 Å². The molecule has 0 amide bonds. The van der Waals surface area contributed by atoms with Crippen molar-refractivity contribution in [2.45, 2.75) is 52.7 Å². The molecule has 2 aliphatic rings. The van der Waals surface area contributed by atoms with Crippen molar-refractivity contribution in [3.05, 3.63) is 64.6 Å². The van der Waals surface area contributed by atoms with Crippen molar-refractivity contribution < 1.29 is 0 Å². The van der Waals surface area contributed by atoms with Gasteiger partial charge in [-0.15, -0.1) is 6.58 Å². The van der Waals surface area contributed by atoms with Gasteiger partial charge in [0.05, 0.1) is 12.2 Å². The maximum absolute atomic E-state index is 8.96. The van der Waals surface area contributed by atoms with Gasteiger partial charge in [0.15, 0.2) is 0 Å². The van der Waals surface area contributed by atoms with Gasteiger partial charge in [0.2, 0.25) is 0 Å². The van der Waals surface area contributed by atoms with E-state index in [0.717, 1.165) is 68.0 Å². The Labute approximate surface area is 223 Å². The van der Waals surface area contributed by atoms with Crippen molar-refractivity contribution in [1.29, 1.82) is 5.26 Å². The average molecular weight is 514 g/mol. The molecule has 3 rings (SSSR count). The Bertz CT molecular complexity index is 926. The molecule has 1 fully saturated rings. The molecular weight excluding hydrogens is 466 g/mol. The Morgan fingerprint density at radius 2 is 1.92 bits per heavy atom. The molecule has 7 N–H and O–H groups in total. The maximum atomic E-state index is 8.96. The SMILES string of the molecule is C=CC1(C)CCCC(SN)=C1C(=C)C#N.CC.CN(C)Cc1cc(C(N)N)cc(N2CCNCC2)c1. The molecule has 0 spiro atoms. The monoisotopic (exact) mass is 513 g/mol. The van der Waals surface area contributed by atoms with Crippen LogP contribution < -0.4 is 26.8 Å². The molecule has 36 heavy (non-hydrogen) atoms. The second-order valence-electron chi connectivity index (χ2n) is 9.41. The number of hydrogen-bond acceptors (Lipinski definition) is 8. The van der Waals surface area contributed by atoms with Crippen molar-refractivity contribution in [1.82, 2.24) is 10.2 Å². The van der Waals surface area contributed by atoms with Crippen LogP contribution in [-0.2, 0) is 6.54 Å². The van der Waals surface area contributed by atoms with E-state index in [1.807, 2.05) is 19.9 Å². The molecule has 1 aromatic carbocycles. The molecule has 200 valence electrons. The smallest absolute Gasteiger partial charge is 0.0988 e. The molecule has 1 unspecified atom stereocenters. The van der Waals surface area contributed by atoms with E-state index in [9.17, 15) is 0 Å². The van der Waals surface area contributed by atoms with Gasteiger partial charge in [0.25, 0.3) is 0 Å². The second kappa shape index (κ2) is 15.9. The zero-order valence-corrected chi connectivity index (χ0v) is 23.8. The average Bonchev–Trinajstić information content (AvgIpc) is 2.89. The molecule has 1 saturated heterocycles. The van der Waals surface area contributed by atoms with E-state index in [2.05, 4.69) is 73.6 Å². The first-order valence-corrected chi connectivity index (χ1v) is 13.6. The first-order valence-electron chi connectivity index (χ1n) is 12.7. The van der Waals surface area contributed by atoms with Crippen LogP contribution in [0.1, 0.15) is 57.3 Å². The number of nitrogens with zero attached hydrogens (tertiary/aromatic N) is 3. The van der Waals surface area contributed by atoms with Crippen molar-refractivity contribution in [3.8, 4) is 6.07 Å². The third-order valence-electron chi connectivity index (χ3n) is 6.35. The number of piperazine rings is 1. The third-order valence-corrected chi connectivity index (χ3v) is 7.04. The van der Waals surface area contributed by atoms with Crippen molar-refractivity contribution >= 4 is 17.6 Å². The lowest BCUT2D eigenvalue weighted by molar-refractivity contribution is 0.402. The summed E-state index contributed by atoms with van der Waals surface area (Å²) < 4.78 is 0. The second-order valence-corrected chi connectivity index (χ2v) is 10.1. The molecule has 0 bridgehead atoms. The molecule has 1 heterocycles. The first-order chi connectivity index (χ1) is 17.1. The highest BCUT2D eigenvalue weighted by Gasteiger charge is 2.33. The number of nitrogens with two attached hydrogens (primary N) is 3. The molecular formula is C28H47N7S. The van der Waals surface area contributed by atoms with E-state index in [1.165, 1.54) is 23.2 Å². The van der Waals surface area contributed by atoms with Crippen LogP contribution in [0.2, 0.25) is 0 Å². The Hall–Kier alpha value is -2.12. The predicted octanol–water partition coefficient (Wildman–Crippen LogP) is 4.40. The summed E-state index contributed by atoms with van der Waals surface area (Å²) >= 11 is 1.24. The largest absolute Gasteiger partial charge is 0.369 e. The summed E-state index contributed by atoms with van der Waals surface area (Å²) in [5.41, 5.74) is 16.5. The van der Waals surface area contributed by atoms with Gasteiger partial charge in [0.1, 0.15) is 0 Å². The minimum absolute atomic E-state index is 0.146. The lowest BCUT2D eigenvalue weighted by atomic mass is 9.71. The fourth-order valence-electron chi connectivity index (χ4n) is 4.53. The highest BCUT2D eigenvalue weighted by molar-refractivity contribution is 8.00. The lowest BCUT2D eigenvalue weighted by Gasteiger charge is -2.34. The van der Waals surface area contributed by atoms with Gasteiger partial charge >= 0.3 is 0 Å². The summed E-state index contributed by atoms with van der Waals surface area (Å²) in [4.78, 5) is 5.62. The van der Waals surface area contributed by atoms with E-state index in [1.54, 1.807) is 0 Å². The topological polar surface area (TPSA) is 120 Å². The highest BCUT2D eigenvalue weighted by Crippen LogP contribution is 2.46. The summed E-state index contributed by atoms with van der Waals surface area (Å²) in [6.45, 7) is 18.8. The van der Waals surface area contributed by atoms with Crippen LogP contribution in [-0.4, -0.2) is 45.2 Å². The molecule has 0 saturated carbocycles. The number of rotatable bonds is 7. The number of allylic oxidation sites excluding steroid dienone is 4. The van der Waals surface area contributed by atoms with Crippen LogP contribution in [0.4, 0.5) is 5.69 Å². The summed E-state index contributed by atoms with van der Waals surface area (Å²) in [5, 5.41) is 18.0. The zero-order valence-electron chi connectivity index (χ0n) is 22.9. The van der Waals surface area contributed by atoms with Gasteiger partial charge in [-0.1, -0.05) is 51.4 Å². The molecule has 1 aliphatic heterocycles. The van der Waals surface area contributed by atoms with Gasteiger partial charge in [-0.3, -0.25) is 5.14 Å². The first kappa shape index (κ1) is 31.9. The summed E-state index contributed by atoms with van der Waals surface area (Å²) in [7, 11) is 4.14. The Morgan fingerprint density at radius 1 is 1.28 bits per heavy atom. The number of anilines is 1. The van der Waals surface area contributed by atoms with Crippen LogP contribution in [0.3, 0.4) is 0 Å². The van der Waals surface area contributed by atoms with E-state index in [-0.39, 0.29) is 5.41 Å². The van der Waals surface area contributed by atoms with E-state index in [0.29, 0.717) is 5.57 Å². The minimum Gasteiger partial charge on any atom is -0.369 e. The maximum Gasteiger partial charge on any atom is 0.0988 e. The quantitative estimate of drug-likeness (QED) is 0.183. The summed E-state index contributed by atoms with van der Waals surface area (Å²) in [6, 6.07) is 8.59.